The molecule has 3 aromatic heterocycles. The molecule has 0 fully saturated rings. The van der Waals surface area contributed by atoms with E-state index in [-0.39, 0.29) is 21.7 Å². The summed E-state index contributed by atoms with van der Waals surface area (Å²) in [6.07, 6.45) is 4.28. The minimum atomic E-state index is -0.455. The molecule has 3 aromatic rings. The summed E-state index contributed by atoms with van der Waals surface area (Å²) in [6.45, 7) is 0. The van der Waals surface area contributed by atoms with Gasteiger partial charge in [-0.3, -0.25) is 15.1 Å². The van der Waals surface area contributed by atoms with Crippen LogP contribution >= 0.6 is 23.2 Å². The number of hydrogen-bond donors (Lipinski definition) is 2. The Labute approximate surface area is 122 Å². The minimum absolute atomic E-state index is 0.0486. The number of amides is 1. The monoisotopic (exact) mass is 308 g/mol. The molecule has 0 aliphatic heterocycles. The maximum Gasteiger partial charge on any atom is 0.259 e. The Morgan fingerprint density at radius 2 is 2.15 bits per heavy atom. The maximum absolute atomic E-state index is 12.0. The van der Waals surface area contributed by atoms with E-state index < -0.39 is 5.91 Å². The van der Waals surface area contributed by atoms with Crippen LogP contribution in [0.15, 0.2) is 24.8 Å². The fourth-order valence-corrected chi connectivity index (χ4v) is 2.01. The number of aromatic nitrogens is 5. The van der Waals surface area contributed by atoms with E-state index in [1.807, 2.05) is 0 Å². The second-order valence-electron chi connectivity index (χ2n) is 3.75. The van der Waals surface area contributed by atoms with Gasteiger partial charge < -0.3 is 4.98 Å². The van der Waals surface area contributed by atoms with Gasteiger partial charge in [-0.25, -0.2) is 4.98 Å². The number of rotatable bonds is 2. The molecule has 0 saturated heterocycles. The van der Waals surface area contributed by atoms with E-state index in [4.69, 9.17) is 23.2 Å². The molecular formula is C11H6Cl2N6O. The number of hydrogen-bond acceptors (Lipinski definition) is 5. The van der Waals surface area contributed by atoms with Crippen molar-refractivity contribution in [2.45, 2.75) is 0 Å². The molecule has 9 heteroatoms. The Morgan fingerprint density at radius 1 is 1.30 bits per heavy atom. The number of H-pyrrole nitrogens is 1. The number of pyridine rings is 1. The van der Waals surface area contributed by atoms with Gasteiger partial charge in [0.25, 0.3) is 5.91 Å². The normalized spacial score (nSPS) is 10.7. The van der Waals surface area contributed by atoms with Gasteiger partial charge in [0.1, 0.15) is 5.52 Å². The van der Waals surface area contributed by atoms with Crippen molar-refractivity contribution in [1.82, 2.24) is 24.9 Å². The Balaban J connectivity index is 1.93. The van der Waals surface area contributed by atoms with Crippen LogP contribution in [0.1, 0.15) is 10.4 Å². The van der Waals surface area contributed by atoms with E-state index in [0.29, 0.717) is 11.2 Å². The lowest BCUT2D eigenvalue weighted by atomic mass is 10.2. The number of halogens is 2. The van der Waals surface area contributed by atoms with E-state index in [0.717, 1.165) is 0 Å². The predicted octanol–water partition coefficient (Wildman–Crippen LogP) is 2.31. The van der Waals surface area contributed by atoms with Crippen LogP contribution in [0.3, 0.4) is 0 Å². The molecular weight excluding hydrogens is 303 g/mol. The zero-order valence-corrected chi connectivity index (χ0v) is 11.3. The summed E-state index contributed by atoms with van der Waals surface area (Å²) in [4.78, 5) is 30.6. The lowest BCUT2D eigenvalue weighted by Gasteiger charge is -2.05. The van der Waals surface area contributed by atoms with E-state index in [9.17, 15) is 4.79 Å². The van der Waals surface area contributed by atoms with Crippen LogP contribution in [-0.4, -0.2) is 30.8 Å². The Kier molecular flexibility index (Phi) is 3.21. The highest BCUT2D eigenvalue weighted by molar-refractivity contribution is 6.34. The number of anilines is 1. The number of fused-ring (bicyclic) bond motifs is 1. The molecule has 0 aromatic carbocycles. The average molecular weight is 309 g/mol. The molecule has 1 amide bonds. The van der Waals surface area contributed by atoms with Crippen LogP contribution in [0.5, 0.6) is 0 Å². The lowest BCUT2D eigenvalue weighted by Crippen LogP contribution is -2.15. The molecule has 0 radical (unpaired) electrons. The van der Waals surface area contributed by atoms with Crippen molar-refractivity contribution in [3.05, 3.63) is 40.5 Å². The van der Waals surface area contributed by atoms with Gasteiger partial charge >= 0.3 is 0 Å². The third-order valence-electron chi connectivity index (χ3n) is 2.48. The van der Waals surface area contributed by atoms with Gasteiger partial charge in [-0.15, -0.1) is 0 Å². The lowest BCUT2D eigenvalue weighted by molar-refractivity contribution is 0.102. The van der Waals surface area contributed by atoms with Gasteiger partial charge in [0.2, 0.25) is 5.95 Å². The number of nitrogens with one attached hydrogen (secondary N) is 2. The van der Waals surface area contributed by atoms with Gasteiger partial charge in [0.05, 0.1) is 16.9 Å². The van der Waals surface area contributed by atoms with E-state index >= 15 is 0 Å². The molecule has 0 bridgehead atoms. The summed E-state index contributed by atoms with van der Waals surface area (Å²) >= 11 is 11.8. The van der Waals surface area contributed by atoms with Gasteiger partial charge in [-0.05, 0) is 6.07 Å². The largest absolute Gasteiger partial charge is 0.341 e. The minimum Gasteiger partial charge on any atom is -0.341 e. The molecule has 0 spiro atoms. The van der Waals surface area contributed by atoms with E-state index in [1.54, 1.807) is 0 Å². The van der Waals surface area contributed by atoms with Crippen molar-refractivity contribution in [1.29, 1.82) is 0 Å². The van der Waals surface area contributed by atoms with Gasteiger partial charge in [0, 0.05) is 12.4 Å². The van der Waals surface area contributed by atoms with E-state index in [2.05, 4.69) is 30.2 Å². The van der Waals surface area contributed by atoms with Gasteiger partial charge in [-0.1, -0.05) is 23.2 Å². The topological polar surface area (TPSA) is 96.5 Å². The Bertz CT molecular complexity index is 802. The Morgan fingerprint density at radius 3 is 2.95 bits per heavy atom. The van der Waals surface area contributed by atoms with Crippen molar-refractivity contribution in [2.24, 2.45) is 0 Å². The van der Waals surface area contributed by atoms with Crippen LogP contribution in [0, 0.1) is 0 Å². The number of nitrogens with zero attached hydrogens (tertiary/aromatic N) is 4. The highest BCUT2D eigenvalue weighted by atomic mass is 35.5. The van der Waals surface area contributed by atoms with E-state index in [1.165, 1.54) is 24.8 Å². The number of carbonyl (C=O) groups is 1. The van der Waals surface area contributed by atoms with Crippen molar-refractivity contribution < 1.29 is 4.79 Å². The third-order valence-corrected chi connectivity index (χ3v) is 3.06. The molecule has 0 saturated carbocycles. The fraction of sp³-hybridized carbons (Fsp3) is 0. The predicted molar refractivity (Wildman–Crippen MR) is 73.9 cm³/mol. The second-order valence-corrected chi connectivity index (χ2v) is 4.51. The molecule has 3 heterocycles. The molecule has 0 aliphatic carbocycles. The molecule has 100 valence electrons. The first-order valence-electron chi connectivity index (χ1n) is 5.42. The summed E-state index contributed by atoms with van der Waals surface area (Å²) in [6, 6.07) is 1.49. The second kappa shape index (κ2) is 5.03. The first kappa shape index (κ1) is 12.8. The molecule has 0 unspecified atom stereocenters. The van der Waals surface area contributed by atoms with Crippen LogP contribution in [0.4, 0.5) is 5.95 Å². The fourth-order valence-electron chi connectivity index (χ4n) is 1.58. The zero-order valence-electron chi connectivity index (χ0n) is 9.76. The third kappa shape index (κ3) is 2.28. The molecule has 7 nitrogen and oxygen atoms in total. The summed E-state index contributed by atoms with van der Waals surface area (Å²) in [5.74, 6) is -0.407. The number of imidazole rings is 1. The molecule has 3 rings (SSSR count). The van der Waals surface area contributed by atoms with Crippen LogP contribution in [-0.2, 0) is 0 Å². The zero-order chi connectivity index (χ0) is 14.1. The molecule has 0 aliphatic rings. The SMILES string of the molecule is O=C(Nc1nc(Cl)c2[nH]cnc2n1)c1ccncc1Cl. The molecule has 0 atom stereocenters. The smallest absolute Gasteiger partial charge is 0.259 e. The van der Waals surface area contributed by atoms with Crippen molar-refractivity contribution >= 4 is 46.2 Å². The van der Waals surface area contributed by atoms with Crippen molar-refractivity contribution in [2.75, 3.05) is 5.32 Å². The standard InChI is InChI=1S/C11H6Cl2N6O/c12-6-3-14-2-1-5(6)10(20)19-11-17-8(13)7-9(18-11)16-4-15-7/h1-4H,(H2,15,16,17,18,19,20). The summed E-state index contributed by atoms with van der Waals surface area (Å²) in [5, 5.41) is 2.91. The highest BCUT2D eigenvalue weighted by Crippen LogP contribution is 2.19. The Hall–Kier alpha value is -2.25. The first-order chi connectivity index (χ1) is 9.65. The van der Waals surface area contributed by atoms with Crippen molar-refractivity contribution in [3.8, 4) is 0 Å². The summed E-state index contributed by atoms with van der Waals surface area (Å²) < 4.78 is 0. The molecule has 20 heavy (non-hydrogen) atoms. The maximum atomic E-state index is 12.0. The highest BCUT2D eigenvalue weighted by Gasteiger charge is 2.14. The van der Waals surface area contributed by atoms with Crippen LogP contribution in [0.2, 0.25) is 10.2 Å². The average Bonchev–Trinajstić information content (AvgIpc) is 2.88. The summed E-state index contributed by atoms with van der Waals surface area (Å²) in [5.41, 5.74) is 1.14. The van der Waals surface area contributed by atoms with Crippen molar-refractivity contribution in [3.63, 3.8) is 0 Å². The molecule has 2 N–H and O–H groups in total. The number of carbonyl (C=O) groups excluding carboxylic acids is 1. The van der Waals surface area contributed by atoms with Gasteiger partial charge in [0.15, 0.2) is 10.8 Å². The van der Waals surface area contributed by atoms with Gasteiger partial charge in [-0.2, -0.15) is 9.97 Å². The number of aromatic amines is 1. The quantitative estimate of drug-likeness (QED) is 0.708. The van der Waals surface area contributed by atoms with Crippen LogP contribution < -0.4 is 5.32 Å². The van der Waals surface area contributed by atoms with Crippen LogP contribution in [0.25, 0.3) is 11.2 Å². The summed E-state index contributed by atoms with van der Waals surface area (Å²) in [7, 11) is 0. The first-order valence-corrected chi connectivity index (χ1v) is 6.18.